The van der Waals surface area contributed by atoms with E-state index in [1.165, 1.54) is 0 Å². The maximum Gasteiger partial charge on any atom is 0.408 e. The molecule has 1 heterocycles. The number of nitrogens with one attached hydrogen (secondary N) is 2. The molecule has 6 nitrogen and oxygen atoms in total. The Bertz CT molecular complexity index is 357. The van der Waals surface area contributed by atoms with Crippen molar-refractivity contribution < 1.29 is 19.1 Å². The zero-order chi connectivity index (χ0) is 16.0. The number of alkyl carbamates (subject to hydrolysis) is 1. The van der Waals surface area contributed by atoms with Crippen LogP contribution >= 0.6 is 0 Å². The summed E-state index contributed by atoms with van der Waals surface area (Å²) >= 11 is 0. The third-order valence-electron chi connectivity index (χ3n) is 3.15. The molecule has 2 atom stereocenters. The first kappa shape index (κ1) is 17.8. The lowest BCUT2D eigenvalue weighted by Crippen LogP contribution is -2.51. The van der Waals surface area contributed by atoms with Crippen LogP contribution in [0.5, 0.6) is 0 Å². The van der Waals surface area contributed by atoms with Crippen molar-refractivity contribution in [2.75, 3.05) is 13.2 Å². The highest BCUT2D eigenvalue weighted by atomic mass is 16.6. The summed E-state index contributed by atoms with van der Waals surface area (Å²) in [6.45, 7) is 10.4. The maximum atomic E-state index is 12.2. The lowest BCUT2D eigenvalue weighted by Gasteiger charge is -2.25. The summed E-state index contributed by atoms with van der Waals surface area (Å²) in [5.74, 6) is -0.228. The normalized spacial score (nSPS) is 20.2. The second-order valence-electron chi connectivity index (χ2n) is 6.75. The lowest BCUT2D eigenvalue weighted by molar-refractivity contribution is -0.124. The van der Waals surface area contributed by atoms with Crippen molar-refractivity contribution >= 4 is 12.0 Å². The highest BCUT2D eigenvalue weighted by molar-refractivity contribution is 5.85. The van der Waals surface area contributed by atoms with Gasteiger partial charge >= 0.3 is 6.09 Å². The van der Waals surface area contributed by atoms with Crippen LogP contribution in [0.3, 0.4) is 0 Å². The molecule has 1 saturated heterocycles. The first-order valence-electron chi connectivity index (χ1n) is 7.58. The van der Waals surface area contributed by atoms with Gasteiger partial charge in [0.1, 0.15) is 11.6 Å². The molecule has 0 spiro atoms. The number of ether oxygens (including phenoxy) is 2. The van der Waals surface area contributed by atoms with Crippen molar-refractivity contribution in [3.8, 4) is 0 Å². The molecule has 0 aromatic rings. The van der Waals surface area contributed by atoms with E-state index in [9.17, 15) is 9.59 Å². The molecule has 6 heteroatoms. The van der Waals surface area contributed by atoms with E-state index in [1.54, 1.807) is 20.8 Å². The van der Waals surface area contributed by atoms with Crippen LogP contribution in [0, 0.1) is 5.92 Å². The molecule has 21 heavy (non-hydrogen) atoms. The SMILES string of the molecule is CC(C)C(NC(=O)OC(C)(C)C)C(=O)NCC1CCCO1. The van der Waals surface area contributed by atoms with Crippen molar-refractivity contribution in [1.82, 2.24) is 10.6 Å². The summed E-state index contributed by atoms with van der Waals surface area (Å²) in [5, 5.41) is 5.47. The van der Waals surface area contributed by atoms with Gasteiger partial charge in [0.15, 0.2) is 0 Å². The van der Waals surface area contributed by atoms with E-state index in [2.05, 4.69) is 10.6 Å². The fourth-order valence-corrected chi connectivity index (χ4v) is 2.10. The number of hydrogen-bond acceptors (Lipinski definition) is 4. The standard InChI is InChI=1S/C15H28N2O4/c1-10(2)12(17-14(19)21-15(3,4)5)13(18)16-9-11-7-6-8-20-11/h10-12H,6-9H2,1-5H3,(H,16,18)(H,17,19). The van der Waals surface area contributed by atoms with Crippen LogP contribution in [0.1, 0.15) is 47.5 Å². The van der Waals surface area contributed by atoms with Crippen molar-refractivity contribution in [2.24, 2.45) is 5.92 Å². The molecule has 2 unspecified atom stereocenters. The fourth-order valence-electron chi connectivity index (χ4n) is 2.10. The molecular weight excluding hydrogens is 272 g/mol. The van der Waals surface area contributed by atoms with Crippen LogP contribution in [0.25, 0.3) is 0 Å². The van der Waals surface area contributed by atoms with Crippen LogP contribution < -0.4 is 10.6 Å². The zero-order valence-electron chi connectivity index (χ0n) is 13.7. The highest BCUT2D eigenvalue weighted by Gasteiger charge is 2.27. The second kappa shape index (κ2) is 7.64. The number of carbonyl (C=O) groups excluding carboxylic acids is 2. The third-order valence-corrected chi connectivity index (χ3v) is 3.15. The fraction of sp³-hybridized carbons (Fsp3) is 0.867. The van der Waals surface area contributed by atoms with E-state index in [-0.39, 0.29) is 17.9 Å². The van der Waals surface area contributed by atoms with Gasteiger partial charge in [0, 0.05) is 13.2 Å². The van der Waals surface area contributed by atoms with Crippen molar-refractivity contribution in [3.63, 3.8) is 0 Å². The summed E-state index contributed by atoms with van der Waals surface area (Å²) in [7, 11) is 0. The van der Waals surface area contributed by atoms with E-state index in [0.717, 1.165) is 19.4 Å². The minimum Gasteiger partial charge on any atom is -0.444 e. The predicted molar refractivity (Wildman–Crippen MR) is 80.0 cm³/mol. The molecular formula is C15H28N2O4. The van der Waals surface area contributed by atoms with Crippen molar-refractivity contribution in [2.45, 2.75) is 65.2 Å². The summed E-state index contributed by atoms with van der Waals surface area (Å²) in [4.78, 5) is 24.0. The summed E-state index contributed by atoms with van der Waals surface area (Å²) in [5.41, 5.74) is -0.584. The van der Waals surface area contributed by atoms with Gasteiger partial charge in [-0.25, -0.2) is 4.79 Å². The zero-order valence-corrected chi connectivity index (χ0v) is 13.7. The number of amides is 2. The Balaban J connectivity index is 2.47. The van der Waals surface area contributed by atoms with Crippen LogP contribution in [0.2, 0.25) is 0 Å². The molecule has 1 aliphatic rings. The Morgan fingerprint density at radius 3 is 2.48 bits per heavy atom. The minimum atomic E-state index is -0.610. The Morgan fingerprint density at radius 2 is 2.00 bits per heavy atom. The molecule has 2 amide bonds. The monoisotopic (exact) mass is 300 g/mol. The van der Waals surface area contributed by atoms with E-state index in [1.807, 2.05) is 13.8 Å². The van der Waals surface area contributed by atoms with Crippen LogP contribution in [0.4, 0.5) is 4.79 Å². The summed E-state index contributed by atoms with van der Waals surface area (Å²) in [6, 6.07) is -0.610. The first-order chi connectivity index (χ1) is 9.69. The van der Waals surface area contributed by atoms with Gasteiger partial charge in [-0.1, -0.05) is 13.8 Å². The Morgan fingerprint density at radius 1 is 1.33 bits per heavy atom. The third kappa shape index (κ3) is 6.80. The smallest absolute Gasteiger partial charge is 0.408 e. The molecule has 0 aromatic heterocycles. The van der Waals surface area contributed by atoms with Crippen molar-refractivity contribution in [3.05, 3.63) is 0 Å². The quantitative estimate of drug-likeness (QED) is 0.812. The molecule has 1 rings (SSSR count). The van der Waals surface area contributed by atoms with Gasteiger partial charge in [-0.05, 0) is 39.5 Å². The summed E-state index contributed by atoms with van der Waals surface area (Å²) < 4.78 is 10.7. The second-order valence-corrected chi connectivity index (χ2v) is 6.75. The largest absolute Gasteiger partial charge is 0.444 e. The van der Waals surface area contributed by atoms with Gasteiger partial charge in [-0.3, -0.25) is 4.79 Å². The topological polar surface area (TPSA) is 76.7 Å². The molecule has 122 valence electrons. The number of carbonyl (C=O) groups is 2. The van der Waals surface area contributed by atoms with Crippen LogP contribution in [-0.2, 0) is 14.3 Å². The van der Waals surface area contributed by atoms with Crippen molar-refractivity contribution in [1.29, 1.82) is 0 Å². The molecule has 0 radical (unpaired) electrons. The van der Waals surface area contributed by atoms with Crippen LogP contribution in [0.15, 0.2) is 0 Å². The lowest BCUT2D eigenvalue weighted by atomic mass is 10.0. The van der Waals surface area contributed by atoms with E-state index < -0.39 is 17.7 Å². The highest BCUT2D eigenvalue weighted by Crippen LogP contribution is 2.11. The Kier molecular flexibility index (Phi) is 6.45. The van der Waals surface area contributed by atoms with E-state index in [4.69, 9.17) is 9.47 Å². The average molecular weight is 300 g/mol. The summed E-state index contributed by atoms with van der Waals surface area (Å²) in [6.07, 6.45) is 1.51. The van der Waals surface area contributed by atoms with Crippen LogP contribution in [-0.4, -0.2) is 42.9 Å². The maximum absolute atomic E-state index is 12.2. The van der Waals surface area contributed by atoms with Gasteiger partial charge in [0.25, 0.3) is 0 Å². The van der Waals surface area contributed by atoms with Gasteiger partial charge in [0.2, 0.25) is 5.91 Å². The molecule has 0 saturated carbocycles. The Hall–Kier alpha value is -1.30. The molecule has 1 aliphatic heterocycles. The molecule has 1 fully saturated rings. The first-order valence-corrected chi connectivity index (χ1v) is 7.58. The minimum absolute atomic E-state index is 0.0259. The molecule has 0 bridgehead atoms. The molecule has 2 N–H and O–H groups in total. The van der Waals surface area contributed by atoms with Gasteiger partial charge in [-0.2, -0.15) is 0 Å². The van der Waals surface area contributed by atoms with Gasteiger partial charge in [0.05, 0.1) is 6.10 Å². The molecule has 0 aromatic carbocycles. The Labute approximate surface area is 126 Å². The average Bonchev–Trinajstić information content (AvgIpc) is 2.83. The number of rotatable bonds is 5. The van der Waals surface area contributed by atoms with E-state index in [0.29, 0.717) is 6.54 Å². The molecule has 0 aliphatic carbocycles. The van der Waals surface area contributed by atoms with Gasteiger partial charge < -0.3 is 20.1 Å². The van der Waals surface area contributed by atoms with Gasteiger partial charge in [-0.15, -0.1) is 0 Å². The number of hydrogen-bond donors (Lipinski definition) is 2. The van der Waals surface area contributed by atoms with E-state index >= 15 is 0 Å². The predicted octanol–water partition coefficient (Wildman–Crippen LogP) is 1.83.